The Kier molecular flexibility index (Phi) is 5.69. The molecule has 5 rings (SSSR count). The van der Waals surface area contributed by atoms with Crippen LogP contribution in [-0.2, 0) is 30.7 Å². The van der Waals surface area contributed by atoms with E-state index in [4.69, 9.17) is 0 Å². The fourth-order valence-electron chi connectivity index (χ4n) is 4.40. The number of fused-ring (bicyclic) bond motifs is 2. The molecule has 0 saturated heterocycles. The minimum Gasteiger partial charge on any atom is -0.367 e. The van der Waals surface area contributed by atoms with Gasteiger partial charge in [0.1, 0.15) is 5.82 Å². The predicted octanol–water partition coefficient (Wildman–Crippen LogP) is 4.59. The number of para-hydroxylation sites is 1. The first-order valence-electron chi connectivity index (χ1n) is 11.1. The van der Waals surface area contributed by atoms with Crippen LogP contribution in [0.15, 0.2) is 60.7 Å². The standard InChI is InChI=1S/C26H25FN4O2/c27-21-13-20-9-10-25(32)29-22(20)14-23(21)30-26(33)28-15-17-5-7-18(8-6-17)16-31-12-11-19-3-1-2-4-24(19)31/h1-8,13-14H,9-12,15-16H2,(H,29,32)(H2,28,30,33). The number of nitrogens with one attached hydrogen (secondary N) is 3. The molecule has 3 amide bonds. The van der Waals surface area contributed by atoms with Crippen molar-refractivity contribution in [2.24, 2.45) is 0 Å². The number of halogens is 1. The summed E-state index contributed by atoms with van der Waals surface area (Å²) in [6, 6.07) is 19.0. The molecular weight excluding hydrogens is 419 g/mol. The molecule has 7 heteroatoms. The van der Waals surface area contributed by atoms with Crippen LogP contribution >= 0.6 is 0 Å². The third kappa shape index (κ3) is 4.67. The Labute approximate surface area is 191 Å². The van der Waals surface area contributed by atoms with Crippen LogP contribution in [0.4, 0.5) is 26.2 Å². The van der Waals surface area contributed by atoms with E-state index in [0.29, 0.717) is 25.1 Å². The van der Waals surface area contributed by atoms with Gasteiger partial charge >= 0.3 is 6.03 Å². The molecule has 0 aromatic heterocycles. The van der Waals surface area contributed by atoms with Crippen LogP contribution in [0.5, 0.6) is 0 Å². The van der Waals surface area contributed by atoms with Crippen molar-refractivity contribution in [3.8, 4) is 0 Å². The van der Waals surface area contributed by atoms with Crippen molar-refractivity contribution in [1.82, 2.24) is 5.32 Å². The monoisotopic (exact) mass is 444 g/mol. The van der Waals surface area contributed by atoms with Gasteiger partial charge in [-0.3, -0.25) is 4.79 Å². The van der Waals surface area contributed by atoms with Crippen LogP contribution in [0.3, 0.4) is 0 Å². The van der Waals surface area contributed by atoms with E-state index >= 15 is 0 Å². The molecule has 3 N–H and O–H groups in total. The number of hydrogen-bond acceptors (Lipinski definition) is 3. The molecule has 2 heterocycles. The second kappa shape index (κ2) is 8.94. The molecule has 0 saturated carbocycles. The predicted molar refractivity (Wildman–Crippen MR) is 127 cm³/mol. The summed E-state index contributed by atoms with van der Waals surface area (Å²) in [5.41, 5.74) is 6.16. The normalized spacial score (nSPS) is 14.3. The highest BCUT2D eigenvalue weighted by Gasteiger charge is 2.19. The summed E-state index contributed by atoms with van der Waals surface area (Å²) in [7, 11) is 0. The van der Waals surface area contributed by atoms with E-state index in [9.17, 15) is 14.0 Å². The summed E-state index contributed by atoms with van der Waals surface area (Å²) in [5.74, 6) is -0.630. The number of carbonyl (C=O) groups excluding carboxylic acids is 2. The SMILES string of the molecule is O=C1CCc2cc(F)c(NC(=O)NCc3ccc(CN4CCc5ccccc54)cc3)cc2N1. The highest BCUT2D eigenvalue weighted by molar-refractivity contribution is 5.96. The zero-order valence-corrected chi connectivity index (χ0v) is 18.2. The average molecular weight is 445 g/mol. The number of urea groups is 1. The van der Waals surface area contributed by atoms with Crippen LogP contribution in [0, 0.1) is 5.82 Å². The number of aryl methyl sites for hydroxylation is 1. The Bertz CT molecular complexity index is 1210. The average Bonchev–Trinajstić information content (AvgIpc) is 3.22. The summed E-state index contributed by atoms with van der Waals surface area (Å²) in [4.78, 5) is 26.3. The number of hydrogen-bond donors (Lipinski definition) is 3. The highest BCUT2D eigenvalue weighted by Crippen LogP contribution is 2.29. The van der Waals surface area contributed by atoms with E-state index in [1.54, 1.807) is 0 Å². The lowest BCUT2D eigenvalue weighted by atomic mass is 10.0. The molecular formula is C26H25FN4O2. The number of carbonyl (C=O) groups is 2. The van der Waals surface area contributed by atoms with Crippen LogP contribution < -0.4 is 20.9 Å². The molecule has 3 aromatic rings. The Morgan fingerprint density at radius 1 is 0.970 bits per heavy atom. The molecule has 0 radical (unpaired) electrons. The molecule has 0 spiro atoms. The number of amides is 3. The van der Waals surface area contributed by atoms with Gasteiger partial charge in [-0.25, -0.2) is 9.18 Å². The first-order valence-corrected chi connectivity index (χ1v) is 11.1. The molecule has 2 aliphatic rings. The van der Waals surface area contributed by atoms with E-state index in [1.807, 2.05) is 12.1 Å². The number of nitrogens with zero attached hydrogens (tertiary/aromatic N) is 1. The van der Waals surface area contributed by atoms with Crippen molar-refractivity contribution in [2.75, 3.05) is 22.1 Å². The smallest absolute Gasteiger partial charge is 0.319 e. The molecule has 0 atom stereocenters. The minimum atomic E-state index is -0.520. The maximum absolute atomic E-state index is 14.3. The van der Waals surface area contributed by atoms with Crippen LogP contribution in [0.1, 0.15) is 28.7 Å². The lowest BCUT2D eigenvalue weighted by molar-refractivity contribution is -0.116. The second-order valence-corrected chi connectivity index (χ2v) is 8.46. The molecule has 2 aliphatic heterocycles. The van der Waals surface area contributed by atoms with Gasteiger partial charge in [-0.2, -0.15) is 0 Å². The van der Waals surface area contributed by atoms with Gasteiger partial charge in [0.25, 0.3) is 0 Å². The molecule has 33 heavy (non-hydrogen) atoms. The third-order valence-corrected chi connectivity index (χ3v) is 6.17. The van der Waals surface area contributed by atoms with Gasteiger partial charge in [0.2, 0.25) is 5.91 Å². The number of anilines is 3. The Balaban J connectivity index is 1.16. The third-order valence-electron chi connectivity index (χ3n) is 6.17. The van der Waals surface area contributed by atoms with Gasteiger partial charge in [0.15, 0.2) is 0 Å². The quantitative estimate of drug-likeness (QED) is 0.539. The number of benzene rings is 3. The van der Waals surface area contributed by atoms with E-state index < -0.39 is 11.8 Å². The summed E-state index contributed by atoms with van der Waals surface area (Å²) >= 11 is 0. The summed E-state index contributed by atoms with van der Waals surface area (Å²) in [6.07, 6.45) is 1.90. The fraction of sp³-hybridized carbons (Fsp3) is 0.231. The van der Waals surface area contributed by atoms with Crippen LogP contribution in [0.2, 0.25) is 0 Å². The highest BCUT2D eigenvalue weighted by atomic mass is 19.1. The zero-order valence-electron chi connectivity index (χ0n) is 18.2. The van der Waals surface area contributed by atoms with Gasteiger partial charge in [-0.1, -0.05) is 42.5 Å². The van der Waals surface area contributed by atoms with Gasteiger partial charge in [-0.15, -0.1) is 0 Å². The Hall–Kier alpha value is -3.87. The van der Waals surface area contributed by atoms with Crippen molar-refractivity contribution < 1.29 is 14.0 Å². The Morgan fingerprint density at radius 3 is 2.61 bits per heavy atom. The molecule has 6 nitrogen and oxygen atoms in total. The van der Waals surface area contributed by atoms with E-state index in [-0.39, 0.29) is 11.6 Å². The first kappa shape index (κ1) is 21.0. The maximum Gasteiger partial charge on any atom is 0.319 e. The molecule has 0 fully saturated rings. The first-order chi connectivity index (χ1) is 16.0. The largest absolute Gasteiger partial charge is 0.367 e. The molecule has 168 valence electrons. The van der Waals surface area contributed by atoms with Gasteiger partial charge in [-0.05, 0) is 53.3 Å². The van der Waals surface area contributed by atoms with E-state index in [0.717, 1.165) is 30.6 Å². The lowest BCUT2D eigenvalue weighted by Crippen LogP contribution is -2.29. The van der Waals surface area contributed by atoms with Crippen LogP contribution in [-0.4, -0.2) is 18.5 Å². The fourth-order valence-corrected chi connectivity index (χ4v) is 4.40. The van der Waals surface area contributed by atoms with Gasteiger partial charge in [0.05, 0.1) is 5.69 Å². The Morgan fingerprint density at radius 2 is 1.76 bits per heavy atom. The summed E-state index contributed by atoms with van der Waals surface area (Å²) in [5, 5.41) is 8.00. The van der Waals surface area contributed by atoms with Gasteiger partial charge < -0.3 is 20.9 Å². The van der Waals surface area contributed by atoms with E-state index in [2.05, 4.69) is 57.2 Å². The topological polar surface area (TPSA) is 73.5 Å². The van der Waals surface area contributed by atoms with Crippen molar-refractivity contribution in [3.05, 3.63) is 88.7 Å². The van der Waals surface area contributed by atoms with Crippen molar-refractivity contribution in [2.45, 2.75) is 32.4 Å². The molecule has 0 bridgehead atoms. The summed E-state index contributed by atoms with van der Waals surface area (Å²) in [6.45, 7) is 2.19. The molecule has 0 aliphatic carbocycles. The lowest BCUT2D eigenvalue weighted by Gasteiger charge is -2.19. The van der Waals surface area contributed by atoms with Crippen LogP contribution in [0.25, 0.3) is 0 Å². The number of rotatable bonds is 5. The summed E-state index contributed by atoms with van der Waals surface area (Å²) < 4.78 is 14.3. The molecule has 0 unspecified atom stereocenters. The molecule has 3 aromatic carbocycles. The van der Waals surface area contributed by atoms with Crippen molar-refractivity contribution >= 4 is 29.0 Å². The van der Waals surface area contributed by atoms with Gasteiger partial charge in [0, 0.05) is 37.4 Å². The zero-order chi connectivity index (χ0) is 22.8. The second-order valence-electron chi connectivity index (χ2n) is 8.46. The minimum absolute atomic E-state index is 0.0368. The maximum atomic E-state index is 14.3. The van der Waals surface area contributed by atoms with Crippen molar-refractivity contribution in [3.63, 3.8) is 0 Å². The van der Waals surface area contributed by atoms with E-state index in [1.165, 1.54) is 28.9 Å². The van der Waals surface area contributed by atoms with Crippen molar-refractivity contribution in [1.29, 1.82) is 0 Å².